The summed E-state index contributed by atoms with van der Waals surface area (Å²) >= 11 is 0. The van der Waals surface area contributed by atoms with Crippen LogP contribution in [0.3, 0.4) is 0 Å². The zero-order valence-electron chi connectivity index (χ0n) is 7.05. The second-order valence-electron chi connectivity index (χ2n) is 2.06. The van der Waals surface area contributed by atoms with Gasteiger partial charge >= 0.3 is 5.97 Å². The van der Waals surface area contributed by atoms with Gasteiger partial charge in [-0.3, -0.25) is 4.79 Å². The molecule has 61 valence electrons. The molecule has 0 aromatic heterocycles. The van der Waals surface area contributed by atoms with Crippen molar-refractivity contribution in [3.8, 4) is 11.8 Å². The number of methoxy groups -OCH3 is 1. The van der Waals surface area contributed by atoms with E-state index in [2.05, 4.69) is 16.6 Å². The van der Waals surface area contributed by atoms with E-state index in [-0.39, 0.29) is 30.4 Å². The van der Waals surface area contributed by atoms with Crippen LogP contribution in [0.25, 0.3) is 0 Å². The molecule has 1 atom stereocenters. The molecule has 1 unspecified atom stereocenters. The standard InChI is InChI=1S/C8H12O2.V/c1-4-5-6-7(2)8(9)10-3;/h7H,6H2,1-3H3;. The van der Waals surface area contributed by atoms with E-state index in [1.165, 1.54) is 7.11 Å². The van der Waals surface area contributed by atoms with Gasteiger partial charge in [0.25, 0.3) is 0 Å². The first-order chi connectivity index (χ1) is 4.72. The minimum atomic E-state index is -0.192. The van der Waals surface area contributed by atoms with E-state index in [1.807, 2.05) is 0 Å². The van der Waals surface area contributed by atoms with Crippen LogP contribution in [-0.2, 0) is 28.1 Å². The van der Waals surface area contributed by atoms with Crippen LogP contribution in [0.15, 0.2) is 0 Å². The van der Waals surface area contributed by atoms with Gasteiger partial charge in [-0.25, -0.2) is 0 Å². The quantitative estimate of drug-likeness (QED) is 0.484. The van der Waals surface area contributed by atoms with Gasteiger partial charge in [-0.05, 0) is 6.92 Å². The SMILES string of the molecule is CC#CCC(C)C(=O)OC.[V]. The number of carbonyl (C=O) groups excluding carboxylic acids is 1. The Labute approximate surface area is 79.6 Å². The van der Waals surface area contributed by atoms with Gasteiger partial charge in [0.1, 0.15) is 0 Å². The molecule has 0 heterocycles. The summed E-state index contributed by atoms with van der Waals surface area (Å²) in [4.78, 5) is 10.7. The van der Waals surface area contributed by atoms with E-state index in [0.29, 0.717) is 6.42 Å². The molecule has 0 bridgehead atoms. The van der Waals surface area contributed by atoms with Crippen LogP contribution < -0.4 is 0 Å². The van der Waals surface area contributed by atoms with Gasteiger partial charge in [0.05, 0.1) is 13.0 Å². The van der Waals surface area contributed by atoms with Gasteiger partial charge in [0.15, 0.2) is 0 Å². The summed E-state index contributed by atoms with van der Waals surface area (Å²) in [6.07, 6.45) is 0.586. The third-order valence-corrected chi connectivity index (χ3v) is 1.19. The molecule has 1 radical (unpaired) electrons. The fourth-order valence-electron chi connectivity index (χ4n) is 0.540. The van der Waals surface area contributed by atoms with Crippen molar-refractivity contribution in [2.45, 2.75) is 20.3 Å². The van der Waals surface area contributed by atoms with E-state index in [0.717, 1.165) is 0 Å². The third-order valence-electron chi connectivity index (χ3n) is 1.19. The number of ether oxygens (including phenoxy) is 1. The number of esters is 1. The van der Waals surface area contributed by atoms with Crippen molar-refractivity contribution in [2.75, 3.05) is 7.11 Å². The van der Waals surface area contributed by atoms with Crippen molar-refractivity contribution < 1.29 is 28.1 Å². The molecule has 0 aliphatic rings. The maximum atomic E-state index is 10.7. The van der Waals surface area contributed by atoms with Crippen LogP contribution in [0.4, 0.5) is 0 Å². The Morgan fingerprint density at radius 1 is 1.64 bits per heavy atom. The largest absolute Gasteiger partial charge is 0.469 e. The van der Waals surface area contributed by atoms with Crippen LogP contribution in [-0.4, -0.2) is 13.1 Å². The summed E-state index contributed by atoms with van der Waals surface area (Å²) in [5.41, 5.74) is 0. The molecule has 0 amide bonds. The molecule has 0 spiro atoms. The van der Waals surface area contributed by atoms with Gasteiger partial charge in [0, 0.05) is 25.0 Å². The van der Waals surface area contributed by atoms with E-state index in [9.17, 15) is 4.79 Å². The van der Waals surface area contributed by atoms with Gasteiger partial charge in [-0.1, -0.05) is 6.92 Å². The van der Waals surface area contributed by atoms with E-state index >= 15 is 0 Å². The summed E-state index contributed by atoms with van der Waals surface area (Å²) in [5.74, 6) is 5.24. The molecule has 3 heteroatoms. The summed E-state index contributed by atoms with van der Waals surface area (Å²) in [6.45, 7) is 3.56. The topological polar surface area (TPSA) is 26.3 Å². The molecular weight excluding hydrogens is 179 g/mol. The Morgan fingerprint density at radius 3 is 2.55 bits per heavy atom. The summed E-state index contributed by atoms with van der Waals surface area (Å²) in [6, 6.07) is 0. The van der Waals surface area contributed by atoms with Gasteiger partial charge in [-0.15, -0.1) is 11.8 Å². The van der Waals surface area contributed by atoms with Crippen molar-refractivity contribution in [1.29, 1.82) is 0 Å². The van der Waals surface area contributed by atoms with Crippen molar-refractivity contribution in [3.63, 3.8) is 0 Å². The molecule has 0 saturated carbocycles. The average Bonchev–Trinajstić information content (AvgIpc) is 1.98. The monoisotopic (exact) mass is 191 g/mol. The van der Waals surface area contributed by atoms with Crippen molar-refractivity contribution in [1.82, 2.24) is 0 Å². The van der Waals surface area contributed by atoms with E-state index in [4.69, 9.17) is 0 Å². The van der Waals surface area contributed by atoms with Crippen LogP contribution in [0, 0.1) is 17.8 Å². The summed E-state index contributed by atoms with van der Waals surface area (Å²) in [7, 11) is 1.39. The molecule has 2 nitrogen and oxygen atoms in total. The van der Waals surface area contributed by atoms with E-state index in [1.54, 1.807) is 13.8 Å². The maximum absolute atomic E-state index is 10.7. The molecule has 11 heavy (non-hydrogen) atoms. The van der Waals surface area contributed by atoms with Crippen LogP contribution in [0.2, 0.25) is 0 Å². The predicted octanol–water partition coefficient (Wildman–Crippen LogP) is 1.21. The predicted molar refractivity (Wildman–Crippen MR) is 39.2 cm³/mol. The van der Waals surface area contributed by atoms with Crippen LogP contribution >= 0.6 is 0 Å². The number of rotatable bonds is 2. The van der Waals surface area contributed by atoms with Gasteiger partial charge in [0.2, 0.25) is 0 Å². The maximum Gasteiger partial charge on any atom is 0.309 e. The van der Waals surface area contributed by atoms with Gasteiger partial charge in [-0.2, -0.15) is 0 Å². The van der Waals surface area contributed by atoms with Gasteiger partial charge < -0.3 is 4.74 Å². The smallest absolute Gasteiger partial charge is 0.309 e. The Kier molecular flexibility index (Phi) is 9.28. The fourth-order valence-corrected chi connectivity index (χ4v) is 0.540. The third kappa shape index (κ3) is 6.03. The molecule has 0 aliphatic carbocycles. The zero-order valence-corrected chi connectivity index (χ0v) is 8.44. The first-order valence-electron chi connectivity index (χ1n) is 3.19. The number of hydrogen-bond donors (Lipinski definition) is 0. The fraction of sp³-hybridized carbons (Fsp3) is 0.625. The van der Waals surface area contributed by atoms with Crippen LogP contribution in [0.5, 0.6) is 0 Å². The molecular formula is C8H12O2V. The van der Waals surface area contributed by atoms with Crippen molar-refractivity contribution in [3.05, 3.63) is 0 Å². The second-order valence-corrected chi connectivity index (χ2v) is 2.06. The zero-order chi connectivity index (χ0) is 7.98. The van der Waals surface area contributed by atoms with Crippen LogP contribution in [0.1, 0.15) is 20.3 Å². The first-order valence-corrected chi connectivity index (χ1v) is 3.19. The Hall–Kier alpha value is -0.386. The molecule has 0 aliphatic heterocycles. The minimum Gasteiger partial charge on any atom is -0.469 e. The Balaban J connectivity index is 0. The minimum absolute atomic E-state index is 0. The molecule has 0 aromatic rings. The molecule has 0 saturated heterocycles. The number of carbonyl (C=O) groups is 1. The second kappa shape index (κ2) is 7.72. The Bertz CT molecular complexity index is 167. The van der Waals surface area contributed by atoms with Crippen molar-refractivity contribution in [2.24, 2.45) is 5.92 Å². The normalized spacial score (nSPS) is 10.1. The molecule has 0 fully saturated rings. The molecule has 0 N–H and O–H groups in total. The number of hydrogen-bond acceptors (Lipinski definition) is 2. The molecule has 0 rings (SSSR count). The molecule has 0 aromatic carbocycles. The Morgan fingerprint density at radius 2 is 2.18 bits per heavy atom. The summed E-state index contributed by atoms with van der Waals surface area (Å²) in [5, 5.41) is 0. The summed E-state index contributed by atoms with van der Waals surface area (Å²) < 4.78 is 4.50. The first kappa shape index (κ1) is 13.2. The van der Waals surface area contributed by atoms with Crippen molar-refractivity contribution >= 4 is 5.97 Å². The average molecular weight is 191 g/mol. The van der Waals surface area contributed by atoms with E-state index < -0.39 is 0 Å².